The van der Waals surface area contributed by atoms with Crippen LogP contribution >= 0.6 is 0 Å². The Kier molecular flexibility index (Phi) is 18.8. The average Bonchev–Trinajstić information content (AvgIpc) is 3.02. The highest BCUT2D eigenvalue weighted by molar-refractivity contribution is 6.74. The summed E-state index contributed by atoms with van der Waals surface area (Å²) in [6.07, 6.45) is 4.88. The van der Waals surface area contributed by atoms with Gasteiger partial charge in [-0.3, -0.25) is 0 Å². The van der Waals surface area contributed by atoms with Gasteiger partial charge in [-0.2, -0.15) is 0 Å². The fraction of sp³-hybridized carbons (Fsp3) is 0.714. The SMILES string of the molecule is COC(=O)/C=C\[C@H](C)[C@H](O[Si](C)(C)C(C)(C)C)[C@@H](C)/C=C(/C)CC(C)C(O[Si](C)(C)C(C)(C)C)C(C)C(OC(N)=O)[C@@H](C)COCc1ccccc1. The number of carbonyl (C=O) groups excluding carboxylic acids is 2. The Balaban J connectivity index is 3.47. The number of hydrogen-bond acceptors (Lipinski definition) is 7. The molecule has 0 aromatic heterocycles. The molecule has 0 aliphatic heterocycles. The van der Waals surface area contributed by atoms with Crippen LogP contribution in [0.1, 0.15) is 95.1 Å². The average molecular weight is 762 g/mol. The standard InChI is InChI=1S/C42H75NO7Si2/c1-29(25-31(3)37(30(2)23-24-36(44)46-13)49-51(14,15)41(7,8)9)26-32(4)39(50-52(16,17)42(10,11)12)34(6)38(48-40(43)45)33(5)27-47-28-35-21-19-18-20-22-35/h18-25,30-34,37-39H,26-28H2,1-17H3,(H2,43,45)/b24-23-,29-25-/t30-,31-,32?,33-,34?,37-,38?,39?/m0/s1. The molecule has 8 atom stereocenters. The zero-order valence-corrected chi connectivity index (χ0v) is 37.8. The molecule has 8 nitrogen and oxygen atoms in total. The predicted molar refractivity (Wildman–Crippen MR) is 220 cm³/mol. The van der Waals surface area contributed by atoms with E-state index in [0.29, 0.717) is 13.2 Å². The van der Waals surface area contributed by atoms with E-state index in [2.05, 4.69) is 108 Å². The van der Waals surface area contributed by atoms with Crippen LogP contribution in [0.15, 0.2) is 54.1 Å². The lowest BCUT2D eigenvalue weighted by Crippen LogP contribution is -2.51. The van der Waals surface area contributed by atoms with Gasteiger partial charge >= 0.3 is 12.1 Å². The first-order chi connectivity index (χ1) is 23.7. The topological polar surface area (TPSA) is 106 Å². The monoisotopic (exact) mass is 762 g/mol. The molecule has 52 heavy (non-hydrogen) atoms. The largest absolute Gasteiger partial charge is 0.466 e. The summed E-state index contributed by atoms with van der Waals surface area (Å²) in [5, 5.41) is 0.0123. The van der Waals surface area contributed by atoms with Gasteiger partial charge in [0, 0.05) is 23.8 Å². The van der Waals surface area contributed by atoms with Crippen molar-refractivity contribution in [3.8, 4) is 0 Å². The van der Waals surface area contributed by atoms with Gasteiger partial charge in [0.1, 0.15) is 6.10 Å². The lowest BCUT2D eigenvalue weighted by atomic mass is 9.81. The zero-order valence-electron chi connectivity index (χ0n) is 35.8. The molecule has 298 valence electrons. The molecule has 1 rings (SSSR count). The number of hydrogen-bond donors (Lipinski definition) is 1. The first-order valence-electron chi connectivity index (χ1n) is 19.1. The maximum absolute atomic E-state index is 12.3. The molecule has 0 saturated carbocycles. The van der Waals surface area contributed by atoms with Crippen LogP contribution in [-0.2, 0) is 34.5 Å². The second kappa shape index (κ2) is 20.4. The van der Waals surface area contributed by atoms with Crippen molar-refractivity contribution < 1.29 is 32.7 Å². The van der Waals surface area contributed by atoms with Gasteiger partial charge in [0.05, 0.1) is 32.5 Å². The van der Waals surface area contributed by atoms with Crippen LogP contribution in [-0.4, -0.2) is 60.7 Å². The van der Waals surface area contributed by atoms with E-state index >= 15 is 0 Å². The molecule has 0 aliphatic rings. The minimum absolute atomic E-state index is 0.0170. The van der Waals surface area contributed by atoms with Gasteiger partial charge in [-0.15, -0.1) is 0 Å². The molecule has 0 spiro atoms. The fourth-order valence-electron chi connectivity index (χ4n) is 6.21. The summed E-state index contributed by atoms with van der Waals surface area (Å²) in [4.78, 5) is 24.3. The van der Waals surface area contributed by atoms with Gasteiger partial charge in [0.2, 0.25) is 0 Å². The Labute approximate surface area is 319 Å². The van der Waals surface area contributed by atoms with Crippen molar-refractivity contribution in [3.05, 3.63) is 59.7 Å². The third kappa shape index (κ3) is 15.2. The highest BCUT2D eigenvalue weighted by Crippen LogP contribution is 2.42. The van der Waals surface area contributed by atoms with Crippen LogP contribution in [0.5, 0.6) is 0 Å². The fourth-order valence-corrected chi connectivity index (χ4v) is 9.15. The maximum atomic E-state index is 12.3. The number of nitrogens with two attached hydrogens (primary N) is 1. The molecular formula is C42H75NO7Si2. The number of carbonyl (C=O) groups is 2. The van der Waals surface area contributed by atoms with E-state index in [1.54, 1.807) is 0 Å². The normalized spacial score (nSPS) is 18.2. The van der Waals surface area contributed by atoms with Crippen molar-refractivity contribution in [1.29, 1.82) is 0 Å². The summed E-state index contributed by atoms with van der Waals surface area (Å²) in [7, 11) is -3.00. The molecule has 0 bridgehead atoms. The predicted octanol–water partition coefficient (Wildman–Crippen LogP) is 10.7. The number of esters is 1. The van der Waals surface area contributed by atoms with Crippen molar-refractivity contribution in [3.63, 3.8) is 0 Å². The highest BCUT2D eigenvalue weighted by atomic mass is 28.4. The lowest BCUT2D eigenvalue weighted by molar-refractivity contribution is -0.134. The molecule has 0 radical (unpaired) electrons. The van der Waals surface area contributed by atoms with Crippen LogP contribution in [0.4, 0.5) is 4.79 Å². The van der Waals surface area contributed by atoms with E-state index in [1.165, 1.54) is 18.8 Å². The van der Waals surface area contributed by atoms with Gasteiger partial charge in [0.15, 0.2) is 16.6 Å². The number of benzene rings is 1. The highest BCUT2D eigenvalue weighted by Gasteiger charge is 2.45. The quantitative estimate of drug-likeness (QED) is 0.0610. The molecular weight excluding hydrogens is 687 g/mol. The molecule has 1 aromatic rings. The number of allylic oxidation sites excluding steroid dienone is 1. The van der Waals surface area contributed by atoms with Gasteiger partial charge in [-0.25, -0.2) is 9.59 Å². The maximum Gasteiger partial charge on any atom is 0.404 e. The van der Waals surface area contributed by atoms with Gasteiger partial charge in [0.25, 0.3) is 0 Å². The second-order valence-electron chi connectivity index (χ2n) is 18.2. The molecule has 1 aromatic carbocycles. The van der Waals surface area contributed by atoms with Crippen molar-refractivity contribution in [2.45, 2.75) is 151 Å². The number of amides is 1. The Morgan fingerprint density at radius 1 is 0.788 bits per heavy atom. The van der Waals surface area contributed by atoms with Crippen LogP contribution in [0.2, 0.25) is 36.3 Å². The van der Waals surface area contributed by atoms with Crippen molar-refractivity contribution in [2.75, 3.05) is 13.7 Å². The van der Waals surface area contributed by atoms with E-state index in [-0.39, 0.29) is 57.8 Å². The first kappa shape index (κ1) is 47.8. The summed E-state index contributed by atoms with van der Waals surface area (Å²) < 4.78 is 31.2. The van der Waals surface area contributed by atoms with E-state index in [1.807, 2.05) is 43.3 Å². The molecule has 0 fully saturated rings. The Hall–Kier alpha value is -2.25. The van der Waals surface area contributed by atoms with E-state index < -0.39 is 28.8 Å². The van der Waals surface area contributed by atoms with Gasteiger partial charge in [-0.1, -0.05) is 124 Å². The number of methoxy groups -OCH3 is 1. The zero-order chi connectivity index (χ0) is 40.2. The van der Waals surface area contributed by atoms with Crippen LogP contribution < -0.4 is 5.73 Å². The van der Waals surface area contributed by atoms with E-state index in [0.717, 1.165) is 12.0 Å². The molecule has 0 aliphatic carbocycles. The Morgan fingerprint density at radius 3 is 1.79 bits per heavy atom. The number of ether oxygens (including phenoxy) is 3. The first-order valence-corrected chi connectivity index (χ1v) is 24.9. The van der Waals surface area contributed by atoms with E-state index in [4.69, 9.17) is 28.8 Å². The molecule has 0 saturated heterocycles. The van der Waals surface area contributed by atoms with Crippen LogP contribution in [0, 0.1) is 29.6 Å². The van der Waals surface area contributed by atoms with Crippen LogP contribution in [0.25, 0.3) is 0 Å². The minimum atomic E-state index is -2.25. The summed E-state index contributed by atoms with van der Waals surface area (Å²) >= 11 is 0. The lowest BCUT2D eigenvalue weighted by Gasteiger charge is -2.45. The van der Waals surface area contributed by atoms with Crippen molar-refractivity contribution in [2.24, 2.45) is 35.3 Å². The smallest absolute Gasteiger partial charge is 0.404 e. The Bertz CT molecular complexity index is 1300. The summed E-state index contributed by atoms with van der Waals surface area (Å²) in [5.74, 6) is -0.493. The summed E-state index contributed by atoms with van der Waals surface area (Å²) in [6, 6.07) is 10.0. The minimum Gasteiger partial charge on any atom is -0.466 e. The molecule has 0 heterocycles. The summed E-state index contributed by atoms with van der Waals surface area (Å²) in [6.45, 7) is 36.3. The van der Waals surface area contributed by atoms with Crippen molar-refractivity contribution >= 4 is 28.7 Å². The van der Waals surface area contributed by atoms with Gasteiger partial charge in [-0.05, 0) is 67.0 Å². The van der Waals surface area contributed by atoms with Crippen LogP contribution in [0.3, 0.4) is 0 Å². The molecule has 4 unspecified atom stereocenters. The van der Waals surface area contributed by atoms with E-state index in [9.17, 15) is 9.59 Å². The molecule has 10 heteroatoms. The number of primary amides is 1. The second-order valence-corrected chi connectivity index (χ2v) is 27.7. The third-order valence-corrected chi connectivity index (χ3v) is 20.3. The Morgan fingerprint density at radius 2 is 1.31 bits per heavy atom. The number of rotatable bonds is 20. The van der Waals surface area contributed by atoms with Crippen molar-refractivity contribution in [1.82, 2.24) is 0 Å². The molecule has 2 N–H and O–H groups in total. The van der Waals surface area contributed by atoms with Gasteiger partial charge < -0.3 is 28.8 Å². The summed E-state index contributed by atoms with van der Waals surface area (Å²) in [5.41, 5.74) is 8.00. The third-order valence-electron chi connectivity index (χ3n) is 11.3. The molecule has 1 amide bonds.